The van der Waals surface area contributed by atoms with Gasteiger partial charge in [0, 0.05) is 29.8 Å². The first-order valence-electron chi connectivity index (χ1n) is 9.87. The largest absolute Gasteiger partial charge is 0.339 e. The first-order chi connectivity index (χ1) is 13.8. The van der Waals surface area contributed by atoms with Crippen molar-refractivity contribution in [2.75, 3.05) is 23.7 Å². The molecule has 0 radical (unpaired) electrons. The molecule has 1 aliphatic heterocycles. The summed E-state index contributed by atoms with van der Waals surface area (Å²) in [5.74, 6) is -0.534. The molecule has 3 rings (SSSR count). The molecule has 152 valence electrons. The summed E-state index contributed by atoms with van der Waals surface area (Å²) < 4.78 is 0. The highest BCUT2D eigenvalue weighted by molar-refractivity contribution is 6.10. The fraction of sp³-hybridized carbons (Fsp3) is 0.348. The van der Waals surface area contributed by atoms with Crippen molar-refractivity contribution in [1.29, 1.82) is 0 Å². The minimum Gasteiger partial charge on any atom is -0.339 e. The molecular formula is C23H27N3O3. The number of rotatable bonds is 4. The molecule has 1 saturated heterocycles. The Morgan fingerprint density at radius 3 is 2.28 bits per heavy atom. The normalized spacial score (nSPS) is 13.8. The number of benzene rings is 2. The van der Waals surface area contributed by atoms with E-state index in [1.165, 1.54) is 0 Å². The van der Waals surface area contributed by atoms with Crippen molar-refractivity contribution >= 4 is 29.1 Å². The number of hydrogen-bond acceptors (Lipinski definition) is 3. The average Bonchev–Trinajstić information content (AvgIpc) is 3.22. The Bertz CT molecular complexity index is 925. The van der Waals surface area contributed by atoms with E-state index in [4.69, 9.17) is 0 Å². The van der Waals surface area contributed by atoms with E-state index in [1.807, 2.05) is 25.7 Å². The van der Waals surface area contributed by atoms with Crippen LogP contribution in [0.1, 0.15) is 54.3 Å². The van der Waals surface area contributed by atoms with Crippen molar-refractivity contribution in [3.8, 4) is 0 Å². The molecule has 0 aromatic heterocycles. The molecule has 1 fully saturated rings. The molecular weight excluding hydrogens is 366 g/mol. The van der Waals surface area contributed by atoms with Gasteiger partial charge in [0.2, 0.25) is 5.91 Å². The molecule has 0 saturated carbocycles. The molecule has 2 aromatic rings. The first kappa shape index (κ1) is 20.6. The van der Waals surface area contributed by atoms with Crippen LogP contribution >= 0.6 is 0 Å². The van der Waals surface area contributed by atoms with Crippen LogP contribution in [0.5, 0.6) is 0 Å². The zero-order valence-corrected chi connectivity index (χ0v) is 17.1. The third-order valence-corrected chi connectivity index (χ3v) is 4.86. The molecule has 1 heterocycles. The molecule has 2 aromatic carbocycles. The lowest BCUT2D eigenvalue weighted by Crippen LogP contribution is -2.29. The third kappa shape index (κ3) is 5.02. The lowest BCUT2D eigenvalue weighted by atomic mass is 9.95. The average molecular weight is 393 g/mol. The van der Waals surface area contributed by atoms with Crippen LogP contribution in [-0.2, 0) is 4.79 Å². The summed E-state index contributed by atoms with van der Waals surface area (Å²) in [4.78, 5) is 39.6. The molecule has 0 atom stereocenters. The summed E-state index contributed by atoms with van der Waals surface area (Å²) in [6.07, 6.45) is 2.05. The molecule has 0 aliphatic carbocycles. The summed E-state index contributed by atoms with van der Waals surface area (Å²) in [5.41, 5.74) is 1.33. The van der Waals surface area contributed by atoms with Gasteiger partial charge >= 0.3 is 0 Å². The van der Waals surface area contributed by atoms with Crippen LogP contribution in [0, 0.1) is 5.41 Å². The maximum Gasteiger partial charge on any atom is 0.257 e. The van der Waals surface area contributed by atoms with Crippen LogP contribution in [0.3, 0.4) is 0 Å². The van der Waals surface area contributed by atoms with Gasteiger partial charge < -0.3 is 15.5 Å². The number of para-hydroxylation sites is 1. The van der Waals surface area contributed by atoms with Crippen molar-refractivity contribution in [3.05, 3.63) is 59.7 Å². The molecule has 2 N–H and O–H groups in total. The smallest absolute Gasteiger partial charge is 0.257 e. The van der Waals surface area contributed by atoms with E-state index < -0.39 is 5.41 Å². The van der Waals surface area contributed by atoms with Gasteiger partial charge in [-0.25, -0.2) is 0 Å². The topological polar surface area (TPSA) is 78.5 Å². The van der Waals surface area contributed by atoms with Crippen LogP contribution < -0.4 is 10.6 Å². The quantitative estimate of drug-likeness (QED) is 0.819. The SMILES string of the molecule is CC(C)(C)C(=O)Nc1ccccc1C(=O)Nc1cccc(C(=O)N2CCCC2)c1. The van der Waals surface area contributed by atoms with Gasteiger partial charge in [0.15, 0.2) is 0 Å². The molecule has 0 spiro atoms. The van der Waals surface area contributed by atoms with Crippen molar-refractivity contribution in [1.82, 2.24) is 4.90 Å². The number of nitrogens with zero attached hydrogens (tertiary/aromatic N) is 1. The van der Waals surface area contributed by atoms with Crippen LogP contribution in [0.15, 0.2) is 48.5 Å². The van der Waals surface area contributed by atoms with Gasteiger partial charge in [0.05, 0.1) is 11.3 Å². The van der Waals surface area contributed by atoms with E-state index in [9.17, 15) is 14.4 Å². The molecule has 6 heteroatoms. The van der Waals surface area contributed by atoms with Crippen molar-refractivity contribution < 1.29 is 14.4 Å². The number of hydrogen-bond donors (Lipinski definition) is 2. The number of anilines is 2. The maximum atomic E-state index is 12.8. The lowest BCUT2D eigenvalue weighted by Gasteiger charge is -2.19. The minimum atomic E-state index is -0.576. The Kier molecular flexibility index (Phi) is 6.01. The highest BCUT2D eigenvalue weighted by Gasteiger charge is 2.23. The van der Waals surface area contributed by atoms with Gasteiger partial charge in [0.25, 0.3) is 11.8 Å². The Morgan fingerprint density at radius 2 is 1.59 bits per heavy atom. The monoisotopic (exact) mass is 393 g/mol. The van der Waals surface area contributed by atoms with Crippen LogP contribution in [0.2, 0.25) is 0 Å². The zero-order valence-electron chi connectivity index (χ0n) is 17.1. The molecule has 0 bridgehead atoms. The Balaban J connectivity index is 1.76. The van der Waals surface area contributed by atoms with E-state index in [0.717, 1.165) is 25.9 Å². The van der Waals surface area contributed by atoms with Crippen LogP contribution in [0.25, 0.3) is 0 Å². The standard InChI is InChI=1S/C23H27N3O3/c1-23(2,3)22(29)25-19-12-5-4-11-18(19)20(27)24-17-10-8-9-16(15-17)21(28)26-13-6-7-14-26/h4-5,8-12,15H,6-7,13-14H2,1-3H3,(H,24,27)(H,25,29). The zero-order chi connectivity index (χ0) is 21.0. The third-order valence-electron chi connectivity index (χ3n) is 4.86. The molecule has 3 amide bonds. The second-order valence-corrected chi connectivity index (χ2v) is 8.28. The van der Waals surface area contributed by atoms with E-state index >= 15 is 0 Å². The number of nitrogens with one attached hydrogen (secondary N) is 2. The van der Waals surface area contributed by atoms with Crippen LogP contribution in [-0.4, -0.2) is 35.7 Å². The summed E-state index contributed by atoms with van der Waals surface area (Å²) in [6.45, 7) is 6.99. The first-order valence-corrected chi connectivity index (χ1v) is 9.87. The van der Waals surface area contributed by atoms with E-state index in [0.29, 0.717) is 22.5 Å². The molecule has 6 nitrogen and oxygen atoms in total. The second kappa shape index (κ2) is 8.47. The molecule has 29 heavy (non-hydrogen) atoms. The second-order valence-electron chi connectivity index (χ2n) is 8.28. The van der Waals surface area contributed by atoms with Gasteiger partial charge in [-0.3, -0.25) is 14.4 Å². The van der Waals surface area contributed by atoms with Crippen molar-refractivity contribution in [2.24, 2.45) is 5.41 Å². The van der Waals surface area contributed by atoms with Gasteiger partial charge in [0.1, 0.15) is 0 Å². The van der Waals surface area contributed by atoms with Gasteiger partial charge in [-0.1, -0.05) is 39.0 Å². The van der Waals surface area contributed by atoms with Crippen molar-refractivity contribution in [2.45, 2.75) is 33.6 Å². The predicted octanol–water partition coefficient (Wildman–Crippen LogP) is 4.16. The molecule has 1 aliphatic rings. The van der Waals surface area contributed by atoms with Gasteiger partial charge in [-0.05, 0) is 43.2 Å². The van der Waals surface area contributed by atoms with E-state index in [1.54, 1.807) is 48.5 Å². The van der Waals surface area contributed by atoms with E-state index in [2.05, 4.69) is 10.6 Å². The number of amides is 3. The summed E-state index contributed by atoms with van der Waals surface area (Å²) >= 11 is 0. The van der Waals surface area contributed by atoms with Gasteiger partial charge in [-0.2, -0.15) is 0 Å². The predicted molar refractivity (Wildman–Crippen MR) is 114 cm³/mol. The Labute approximate surface area is 171 Å². The summed E-state index contributed by atoms with van der Waals surface area (Å²) in [7, 11) is 0. The number of carbonyl (C=O) groups is 3. The fourth-order valence-corrected chi connectivity index (χ4v) is 3.13. The van der Waals surface area contributed by atoms with Crippen LogP contribution in [0.4, 0.5) is 11.4 Å². The Hall–Kier alpha value is -3.15. The highest BCUT2D eigenvalue weighted by atomic mass is 16.2. The van der Waals surface area contributed by atoms with E-state index in [-0.39, 0.29) is 17.7 Å². The minimum absolute atomic E-state index is 0.0172. The Morgan fingerprint density at radius 1 is 0.897 bits per heavy atom. The number of likely N-dealkylation sites (tertiary alicyclic amines) is 1. The number of carbonyl (C=O) groups excluding carboxylic acids is 3. The fourth-order valence-electron chi connectivity index (χ4n) is 3.13. The maximum absolute atomic E-state index is 12.8. The molecule has 0 unspecified atom stereocenters. The lowest BCUT2D eigenvalue weighted by molar-refractivity contribution is -0.123. The van der Waals surface area contributed by atoms with Crippen molar-refractivity contribution in [3.63, 3.8) is 0 Å². The summed E-state index contributed by atoms with van der Waals surface area (Å²) in [5, 5.41) is 5.66. The highest BCUT2D eigenvalue weighted by Crippen LogP contribution is 2.22. The summed E-state index contributed by atoms with van der Waals surface area (Å²) in [6, 6.07) is 13.8. The van der Waals surface area contributed by atoms with Gasteiger partial charge in [-0.15, -0.1) is 0 Å².